The summed E-state index contributed by atoms with van der Waals surface area (Å²) in [5, 5.41) is 2.97. The van der Waals surface area contributed by atoms with Crippen LogP contribution in [-0.2, 0) is 0 Å². The number of piperazine rings is 1. The second-order valence-corrected chi connectivity index (χ2v) is 6.83. The van der Waals surface area contributed by atoms with Gasteiger partial charge in [0.2, 0.25) is 0 Å². The second-order valence-electron chi connectivity index (χ2n) is 6.83. The van der Waals surface area contributed by atoms with Crippen molar-refractivity contribution in [3.05, 3.63) is 48.2 Å². The Hall–Kier alpha value is -2.76. The van der Waals surface area contributed by atoms with E-state index in [1.807, 2.05) is 37.3 Å². The number of ether oxygens (including phenoxy) is 1. The third-order valence-corrected chi connectivity index (χ3v) is 5.03. The van der Waals surface area contributed by atoms with Crippen LogP contribution in [0.1, 0.15) is 30.6 Å². The predicted octanol–water partition coefficient (Wildman–Crippen LogP) is 2.95. The standard InChI is InChI=1S/C21H28N4O2/c1-4-16(2)23-21(26)17-9-10-20(22-15-17)25-13-11-24(12-14-25)18-7-5-6-8-19(18)27-3/h5-10,15-16H,4,11-14H2,1-3H3,(H,23,26). The largest absolute Gasteiger partial charge is 0.495 e. The van der Waals surface area contributed by atoms with Gasteiger partial charge in [-0.25, -0.2) is 4.98 Å². The number of benzene rings is 1. The minimum Gasteiger partial charge on any atom is -0.495 e. The zero-order valence-electron chi connectivity index (χ0n) is 16.3. The lowest BCUT2D eigenvalue weighted by atomic mass is 10.2. The van der Waals surface area contributed by atoms with Gasteiger partial charge in [0.05, 0.1) is 18.4 Å². The molecule has 1 aromatic carbocycles. The summed E-state index contributed by atoms with van der Waals surface area (Å²) >= 11 is 0. The fourth-order valence-electron chi connectivity index (χ4n) is 3.18. The van der Waals surface area contributed by atoms with Crippen LogP contribution in [-0.4, -0.2) is 50.2 Å². The van der Waals surface area contributed by atoms with Gasteiger partial charge in [0, 0.05) is 38.4 Å². The molecule has 0 aliphatic carbocycles. The highest BCUT2D eigenvalue weighted by atomic mass is 16.5. The van der Waals surface area contributed by atoms with Crippen LogP contribution < -0.4 is 19.9 Å². The van der Waals surface area contributed by atoms with Crippen molar-refractivity contribution in [1.82, 2.24) is 10.3 Å². The normalized spacial score (nSPS) is 15.4. The third kappa shape index (κ3) is 4.51. The molecule has 2 heterocycles. The van der Waals surface area contributed by atoms with Gasteiger partial charge in [-0.2, -0.15) is 0 Å². The number of aromatic nitrogens is 1. The molecule has 1 aliphatic rings. The Kier molecular flexibility index (Phi) is 6.16. The Bertz CT molecular complexity index is 755. The molecule has 2 aromatic rings. The van der Waals surface area contributed by atoms with Gasteiger partial charge in [-0.1, -0.05) is 19.1 Å². The quantitative estimate of drug-likeness (QED) is 0.850. The zero-order chi connectivity index (χ0) is 19.2. The van der Waals surface area contributed by atoms with Crippen molar-refractivity contribution in [2.24, 2.45) is 0 Å². The third-order valence-electron chi connectivity index (χ3n) is 5.03. The summed E-state index contributed by atoms with van der Waals surface area (Å²) in [6.07, 6.45) is 2.58. The molecule has 3 rings (SSSR count). The van der Waals surface area contributed by atoms with Crippen molar-refractivity contribution in [2.75, 3.05) is 43.1 Å². The monoisotopic (exact) mass is 368 g/mol. The van der Waals surface area contributed by atoms with Crippen LogP contribution in [0.4, 0.5) is 11.5 Å². The minimum absolute atomic E-state index is 0.0654. The Balaban J connectivity index is 1.60. The van der Waals surface area contributed by atoms with Crippen LogP contribution in [0.5, 0.6) is 5.75 Å². The maximum atomic E-state index is 12.2. The van der Waals surface area contributed by atoms with E-state index < -0.39 is 0 Å². The highest BCUT2D eigenvalue weighted by Crippen LogP contribution is 2.28. The fraction of sp³-hybridized carbons (Fsp3) is 0.429. The summed E-state index contributed by atoms with van der Waals surface area (Å²) in [7, 11) is 1.71. The number of methoxy groups -OCH3 is 1. The van der Waals surface area contributed by atoms with Crippen molar-refractivity contribution in [1.29, 1.82) is 0 Å². The molecule has 27 heavy (non-hydrogen) atoms. The molecule has 1 fully saturated rings. The number of carbonyl (C=O) groups excluding carboxylic acids is 1. The van der Waals surface area contributed by atoms with Crippen LogP contribution in [0.25, 0.3) is 0 Å². The summed E-state index contributed by atoms with van der Waals surface area (Å²) < 4.78 is 5.48. The van der Waals surface area contributed by atoms with Gasteiger partial charge in [0.25, 0.3) is 5.91 Å². The molecular formula is C21H28N4O2. The molecule has 1 aliphatic heterocycles. The average Bonchev–Trinajstić information content (AvgIpc) is 2.73. The number of para-hydroxylation sites is 2. The summed E-state index contributed by atoms with van der Waals surface area (Å²) in [5.74, 6) is 1.75. The number of nitrogens with one attached hydrogen (secondary N) is 1. The lowest BCUT2D eigenvalue weighted by Gasteiger charge is -2.37. The number of hydrogen-bond acceptors (Lipinski definition) is 5. The second kappa shape index (κ2) is 8.75. The van der Waals surface area contributed by atoms with Gasteiger partial charge in [-0.3, -0.25) is 4.79 Å². The first-order valence-electron chi connectivity index (χ1n) is 9.52. The summed E-state index contributed by atoms with van der Waals surface area (Å²) in [6.45, 7) is 7.61. The molecule has 6 heteroatoms. The SMILES string of the molecule is CCC(C)NC(=O)c1ccc(N2CCN(c3ccccc3OC)CC2)nc1. The number of hydrogen-bond donors (Lipinski definition) is 1. The minimum atomic E-state index is -0.0654. The Morgan fingerprint density at radius 1 is 1.15 bits per heavy atom. The topological polar surface area (TPSA) is 57.7 Å². The molecule has 0 saturated carbocycles. The van der Waals surface area contributed by atoms with Crippen LogP contribution in [0, 0.1) is 0 Å². The van der Waals surface area contributed by atoms with Gasteiger partial charge < -0.3 is 19.9 Å². The average molecular weight is 368 g/mol. The molecule has 0 radical (unpaired) electrons. The van der Waals surface area contributed by atoms with E-state index in [9.17, 15) is 4.79 Å². The number of rotatable bonds is 6. The maximum Gasteiger partial charge on any atom is 0.253 e. The van der Waals surface area contributed by atoms with Crippen molar-refractivity contribution in [2.45, 2.75) is 26.3 Å². The summed E-state index contributed by atoms with van der Waals surface area (Å²) in [5.41, 5.74) is 1.73. The number of nitrogens with zero attached hydrogens (tertiary/aromatic N) is 3. The molecule has 0 spiro atoms. The fourth-order valence-corrected chi connectivity index (χ4v) is 3.18. The number of pyridine rings is 1. The number of carbonyl (C=O) groups is 1. The van der Waals surface area contributed by atoms with E-state index in [4.69, 9.17) is 4.74 Å². The molecule has 1 saturated heterocycles. The van der Waals surface area contributed by atoms with Gasteiger partial charge in [-0.15, -0.1) is 0 Å². The van der Waals surface area contributed by atoms with Gasteiger partial charge in [0.1, 0.15) is 11.6 Å². The molecule has 1 amide bonds. The number of anilines is 2. The van der Waals surface area contributed by atoms with Crippen LogP contribution in [0.15, 0.2) is 42.6 Å². The van der Waals surface area contributed by atoms with E-state index >= 15 is 0 Å². The molecule has 1 atom stereocenters. The van der Waals surface area contributed by atoms with Crippen molar-refractivity contribution in [3.63, 3.8) is 0 Å². The predicted molar refractivity (Wildman–Crippen MR) is 109 cm³/mol. The van der Waals surface area contributed by atoms with E-state index in [1.165, 1.54) is 0 Å². The molecule has 144 valence electrons. The van der Waals surface area contributed by atoms with E-state index in [0.717, 1.165) is 49.9 Å². The van der Waals surface area contributed by atoms with Crippen LogP contribution in [0.3, 0.4) is 0 Å². The Morgan fingerprint density at radius 3 is 2.48 bits per heavy atom. The van der Waals surface area contributed by atoms with Crippen LogP contribution in [0.2, 0.25) is 0 Å². The zero-order valence-corrected chi connectivity index (χ0v) is 16.3. The van der Waals surface area contributed by atoms with Crippen molar-refractivity contribution >= 4 is 17.4 Å². The lowest BCUT2D eigenvalue weighted by molar-refractivity contribution is 0.0939. The molecule has 1 unspecified atom stereocenters. The van der Waals surface area contributed by atoms with Crippen molar-refractivity contribution < 1.29 is 9.53 Å². The van der Waals surface area contributed by atoms with E-state index in [2.05, 4.69) is 33.1 Å². The molecule has 0 bridgehead atoms. The van der Waals surface area contributed by atoms with E-state index in [0.29, 0.717) is 5.56 Å². The first kappa shape index (κ1) is 19.0. The summed E-state index contributed by atoms with van der Waals surface area (Å²) in [4.78, 5) is 21.3. The van der Waals surface area contributed by atoms with E-state index in [-0.39, 0.29) is 11.9 Å². The van der Waals surface area contributed by atoms with Crippen LogP contribution >= 0.6 is 0 Å². The molecular weight excluding hydrogens is 340 g/mol. The highest BCUT2D eigenvalue weighted by molar-refractivity contribution is 5.94. The van der Waals surface area contributed by atoms with Gasteiger partial charge >= 0.3 is 0 Å². The molecule has 1 aromatic heterocycles. The molecule has 1 N–H and O–H groups in total. The van der Waals surface area contributed by atoms with E-state index in [1.54, 1.807) is 13.3 Å². The smallest absolute Gasteiger partial charge is 0.253 e. The Labute approximate surface area is 161 Å². The maximum absolute atomic E-state index is 12.2. The first-order valence-corrected chi connectivity index (χ1v) is 9.52. The first-order chi connectivity index (χ1) is 13.1. The highest BCUT2D eigenvalue weighted by Gasteiger charge is 2.20. The lowest BCUT2D eigenvalue weighted by Crippen LogP contribution is -2.47. The Morgan fingerprint density at radius 2 is 1.85 bits per heavy atom. The van der Waals surface area contributed by atoms with Gasteiger partial charge in [0.15, 0.2) is 0 Å². The summed E-state index contributed by atoms with van der Waals surface area (Å²) in [6, 6.07) is 12.1. The number of amides is 1. The van der Waals surface area contributed by atoms with Crippen molar-refractivity contribution in [3.8, 4) is 5.75 Å². The molecule has 6 nitrogen and oxygen atoms in total. The van der Waals surface area contributed by atoms with Gasteiger partial charge in [-0.05, 0) is 37.6 Å².